The average Bonchev–Trinajstić information content (AvgIpc) is 2.03. The van der Waals surface area contributed by atoms with Gasteiger partial charge in [0.2, 0.25) is 0 Å². The van der Waals surface area contributed by atoms with E-state index in [1.54, 1.807) is 0 Å². The molecule has 0 aromatic rings. The zero-order valence-electron chi connectivity index (χ0n) is 9.75. The van der Waals surface area contributed by atoms with Gasteiger partial charge < -0.3 is 9.84 Å². The van der Waals surface area contributed by atoms with Crippen molar-refractivity contribution in [3.8, 4) is 0 Å². The number of aliphatic hydroxyl groups is 1. The molecule has 0 spiro atoms. The van der Waals surface area contributed by atoms with Gasteiger partial charge in [0.25, 0.3) is 0 Å². The van der Waals surface area contributed by atoms with Gasteiger partial charge in [-0.2, -0.15) is 0 Å². The highest BCUT2D eigenvalue weighted by Gasteiger charge is 2.25. The molecule has 2 heteroatoms. The van der Waals surface area contributed by atoms with E-state index >= 15 is 0 Å². The molecule has 1 rings (SSSR count). The van der Waals surface area contributed by atoms with E-state index in [1.807, 2.05) is 0 Å². The van der Waals surface area contributed by atoms with E-state index in [0.29, 0.717) is 0 Å². The Morgan fingerprint density at radius 1 is 1.00 bits per heavy atom. The summed E-state index contributed by atoms with van der Waals surface area (Å²) in [6.45, 7) is 6.16. The van der Waals surface area contributed by atoms with Gasteiger partial charge in [-0.1, -0.05) is 25.7 Å². The SMILES string of the molecule is CC(C)(C)OC1CCCCCCC1O. The second-order valence-electron chi connectivity index (χ2n) is 5.33. The van der Waals surface area contributed by atoms with Gasteiger partial charge in [0, 0.05) is 0 Å². The Bertz CT molecular complexity index is 160. The highest BCUT2D eigenvalue weighted by molar-refractivity contribution is 4.75. The summed E-state index contributed by atoms with van der Waals surface area (Å²) in [4.78, 5) is 0. The van der Waals surface area contributed by atoms with Crippen LogP contribution in [0.25, 0.3) is 0 Å². The first kappa shape index (κ1) is 12.0. The Morgan fingerprint density at radius 2 is 1.57 bits per heavy atom. The topological polar surface area (TPSA) is 29.5 Å². The Morgan fingerprint density at radius 3 is 2.14 bits per heavy atom. The van der Waals surface area contributed by atoms with E-state index in [-0.39, 0.29) is 17.8 Å². The number of hydrogen-bond acceptors (Lipinski definition) is 2. The molecule has 0 amide bonds. The van der Waals surface area contributed by atoms with E-state index in [4.69, 9.17) is 4.74 Å². The van der Waals surface area contributed by atoms with Gasteiger partial charge in [0.15, 0.2) is 0 Å². The van der Waals surface area contributed by atoms with Crippen molar-refractivity contribution in [1.29, 1.82) is 0 Å². The third-order valence-corrected chi connectivity index (χ3v) is 2.67. The Labute approximate surface area is 87.7 Å². The molecule has 0 aliphatic heterocycles. The van der Waals surface area contributed by atoms with Crippen LogP contribution in [-0.4, -0.2) is 22.9 Å². The highest BCUT2D eigenvalue weighted by atomic mass is 16.5. The maximum Gasteiger partial charge on any atom is 0.0841 e. The minimum Gasteiger partial charge on any atom is -0.390 e. The molecule has 84 valence electrons. The van der Waals surface area contributed by atoms with Crippen molar-refractivity contribution in [2.75, 3.05) is 0 Å². The van der Waals surface area contributed by atoms with Crippen LogP contribution < -0.4 is 0 Å². The molecule has 1 saturated carbocycles. The van der Waals surface area contributed by atoms with Gasteiger partial charge in [-0.05, 0) is 33.6 Å². The van der Waals surface area contributed by atoms with Crippen LogP contribution >= 0.6 is 0 Å². The monoisotopic (exact) mass is 200 g/mol. The number of hydrogen-bond donors (Lipinski definition) is 1. The number of rotatable bonds is 1. The van der Waals surface area contributed by atoms with Crippen LogP contribution in [0.3, 0.4) is 0 Å². The lowest BCUT2D eigenvalue weighted by Crippen LogP contribution is -2.36. The molecule has 2 atom stereocenters. The summed E-state index contributed by atoms with van der Waals surface area (Å²) in [5.74, 6) is 0. The maximum absolute atomic E-state index is 9.91. The first-order valence-corrected chi connectivity index (χ1v) is 5.85. The molecule has 0 aromatic carbocycles. The van der Waals surface area contributed by atoms with Gasteiger partial charge in [0.1, 0.15) is 0 Å². The molecule has 2 nitrogen and oxygen atoms in total. The second kappa shape index (κ2) is 5.13. The molecular formula is C12H24O2. The minimum atomic E-state index is -0.255. The van der Waals surface area contributed by atoms with Crippen molar-refractivity contribution in [1.82, 2.24) is 0 Å². The fourth-order valence-electron chi connectivity index (χ4n) is 2.02. The Kier molecular flexibility index (Phi) is 4.39. The molecule has 1 N–H and O–H groups in total. The largest absolute Gasteiger partial charge is 0.390 e. The molecule has 1 aliphatic rings. The maximum atomic E-state index is 9.91. The Hall–Kier alpha value is -0.0800. The van der Waals surface area contributed by atoms with Gasteiger partial charge in [0.05, 0.1) is 17.8 Å². The van der Waals surface area contributed by atoms with Crippen LogP contribution in [0.2, 0.25) is 0 Å². The third kappa shape index (κ3) is 4.43. The third-order valence-electron chi connectivity index (χ3n) is 2.67. The summed E-state index contributed by atoms with van der Waals surface area (Å²) in [6.07, 6.45) is 6.60. The van der Waals surface area contributed by atoms with Crippen LogP contribution in [0.15, 0.2) is 0 Å². The van der Waals surface area contributed by atoms with Gasteiger partial charge >= 0.3 is 0 Å². The number of aliphatic hydroxyl groups excluding tert-OH is 1. The lowest BCUT2D eigenvalue weighted by atomic mass is 9.95. The molecule has 1 aliphatic carbocycles. The predicted octanol–water partition coefficient (Wildman–Crippen LogP) is 2.89. The fourth-order valence-corrected chi connectivity index (χ4v) is 2.02. The zero-order chi connectivity index (χ0) is 10.6. The summed E-state index contributed by atoms with van der Waals surface area (Å²) in [5.41, 5.74) is -0.134. The predicted molar refractivity (Wildman–Crippen MR) is 58.3 cm³/mol. The number of ether oxygens (including phenoxy) is 1. The van der Waals surface area contributed by atoms with Crippen molar-refractivity contribution in [3.63, 3.8) is 0 Å². The molecule has 0 bridgehead atoms. The van der Waals surface area contributed by atoms with Crippen LogP contribution in [0.4, 0.5) is 0 Å². The molecule has 0 aromatic heterocycles. The lowest BCUT2D eigenvalue weighted by Gasteiger charge is -2.32. The summed E-state index contributed by atoms with van der Waals surface area (Å²) < 4.78 is 5.88. The van der Waals surface area contributed by atoms with Crippen molar-refractivity contribution in [2.45, 2.75) is 77.1 Å². The molecule has 1 fully saturated rings. The molecular weight excluding hydrogens is 176 g/mol. The summed E-state index contributed by atoms with van der Waals surface area (Å²) in [5, 5.41) is 9.91. The van der Waals surface area contributed by atoms with E-state index in [9.17, 15) is 5.11 Å². The van der Waals surface area contributed by atoms with Crippen molar-refractivity contribution in [3.05, 3.63) is 0 Å². The van der Waals surface area contributed by atoms with Crippen molar-refractivity contribution >= 4 is 0 Å². The van der Waals surface area contributed by atoms with Crippen LogP contribution in [-0.2, 0) is 4.74 Å². The fraction of sp³-hybridized carbons (Fsp3) is 1.00. The van der Waals surface area contributed by atoms with Crippen LogP contribution in [0.5, 0.6) is 0 Å². The quantitative estimate of drug-likeness (QED) is 0.705. The second-order valence-corrected chi connectivity index (χ2v) is 5.33. The van der Waals surface area contributed by atoms with E-state index in [0.717, 1.165) is 19.3 Å². The standard InChI is InChI=1S/C12H24O2/c1-12(2,3)14-11-9-7-5-4-6-8-10(11)13/h10-11,13H,4-9H2,1-3H3. The summed E-state index contributed by atoms with van der Waals surface area (Å²) >= 11 is 0. The zero-order valence-corrected chi connectivity index (χ0v) is 9.75. The molecule has 2 unspecified atom stereocenters. The van der Waals surface area contributed by atoms with Gasteiger partial charge in [-0.3, -0.25) is 0 Å². The summed E-state index contributed by atoms with van der Waals surface area (Å²) in [7, 11) is 0. The normalized spacial score (nSPS) is 30.9. The van der Waals surface area contributed by atoms with Crippen molar-refractivity contribution < 1.29 is 9.84 Å². The molecule has 0 heterocycles. The average molecular weight is 200 g/mol. The van der Waals surface area contributed by atoms with E-state index < -0.39 is 0 Å². The van der Waals surface area contributed by atoms with Crippen LogP contribution in [0.1, 0.15) is 59.3 Å². The highest BCUT2D eigenvalue weighted by Crippen LogP contribution is 2.23. The summed E-state index contributed by atoms with van der Waals surface area (Å²) in [6, 6.07) is 0. The van der Waals surface area contributed by atoms with Gasteiger partial charge in [-0.15, -0.1) is 0 Å². The first-order valence-electron chi connectivity index (χ1n) is 5.85. The minimum absolute atomic E-state index is 0.0512. The van der Waals surface area contributed by atoms with Crippen molar-refractivity contribution in [2.24, 2.45) is 0 Å². The van der Waals surface area contributed by atoms with Gasteiger partial charge in [-0.25, -0.2) is 0 Å². The Balaban J connectivity index is 2.45. The smallest absolute Gasteiger partial charge is 0.0841 e. The molecule has 0 radical (unpaired) electrons. The van der Waals surface area contributed by atoms with E-state index in [2.05, 4.69) is 20.8 Å². The molecule has 14 heavy (non-hydrogen) atoms. The lowest BCUT2D eigenvalue weighted by molar-refractivity contribution is -0.118. The van der Waals surface area contributed by atoms with Crippen LogP contribution in [0, 0.1) is 0 Å². The first-order chi connectivity index (χ1) is 6.49. The molecule has 0 saturated heterocycles. The van der Waals surface area contributed by atoms with E-state index in [1.165, 1.54) is 19.3 Å².